The number of likely N-dealkylation sites (tertiary alicyclic amines) is 1. The van der Waals surface area contributed by atoms with Crippen LogP contribution in [0, 0.1) is 5.41 Å². The van der Waals surface area contributed by atoms with Crippen LogP contribution >= 0.6 is 0 Å². The topological polar surface area (TPSA) is 105 Å². The van der Waals surface area contributed by atoms with E-state index in [0.717, 1.165) is 44.1 Å². The van der Waals surface area contributed by atoms with E-state index in [1.165, 1.54) is 5.56 Å². The van der Waals surface area contributed by atoms with Crippen LogP contribution in [0.15, 0.2) is 24.3 Å². The highest BCUT2D eigenvalue weighted by Crippen LogP contribution is 2.37. The van der Waals surface area contributed by atoms with Gasteiger partial charge in [0.25, 0.3) is 0 Å². The van der Waals surface area contributed by atoms with Crippen LogP contribution < -0.4 is 14.8 Å². The molecule has 0 unspecified atom stereocenters. The largest absolute Gasteiger partial charge is 0.491 e. The number of carbonyl (C=O) groups excluding carboxylic acids is 2. The number of carbonyl (C=O) groups is 2. The molecule has 2 aliphatic heterocycles. The van der Waals surface area contributed by atoms with Gasteiger partial charge in [-0.05, 0) is 43.7 Å². The van der Waals surface area contributed by atoms with Crippen LogP contribution in [0.25, 0.3) is 0 Å². The van der Waals surface area contributed by atoms with Crippen molar-refractivity contribution in [2.75, 3.05) is 39.0 Å². The molecular formula is C22H33N3O5S. The second-order valence-corrected chi connectivity index (χ2v) is 10.4. The van der Waals surface area contributed by atoms with Gasteiger partial charge in [0.1, 0.15) is 12.4 Å². The Hall–Kier alpha value is -2.13. The molecule has 1 fully saturated rings. The van der Waals surface area contributed by atoms with Gasteiger partial charge in [0.05, 0.1) is 24.8 Å². The predicted octanol–water partition coefficient (Wildman–Crippen LogP) is 1.46. The average Bonchev–Trinajstić information content (AvgIpc) is 2.76. The van der Waals surface area contributed by atoms with E-state index < -0.39 is 15.4 Å². The van der Waals surface area contributed by atoms with Crippen molar-refractivity contribution in [3.63, 3.8) is 0 Å². The number of ether oxygens (including phenoxy) is 1. The van der Waals surface area contributed by atoms with Crippen LogP contribution in [-0.4, -0.2) is 64.2 Å². The lowest BCUT2D eigenvalue weighted by atomic mass is 9.73. The summed E-state index contributed by atoms with van der Waals surface area (Å²) in [6.45, 7) is 1.53. The van der Waals surface area contributed by atoms with Crippen molar-refractivity contribution in [3.8, 4) is 5.75 Å². The van der Waals surface area contributed by atoms with Gasteiger partial charge in [-0.2, -0.15) is 0 Å². The van der Waals surface area contributed by atoms with Gasteiger partial charge in [-0.3, -0.25) is 9.59 Å². The number of nitrogens with zero attached hydrogens (tertiary/aromatic N) is 1. The molecule has 2 amide bonds. The molecule has 2 heterocycles. The first-order valence-corrected chi connectivity index (χ1v) is 12.9. The molecule has 8 nitrogen and oxygen atoms in total. The number of rotatable bonds is 3. The van der Waals surface area contributed by atoms with Crippen molar-refractivity contribution in [2.45, 2.75) is 44.9 Å². The van der Waals surface area contributed by atoms with Gasteiger partial charge >= 0.3 is 0 Å². The van der Waals surface area contributed by atoms with E-state index in [1.807, 2.05) is 18.2 Å². The highest BCUT2D eigenvalue weighted by molar-refractivity contribution is 7.88. The Morgan fingerprint density at radius 3 is 2.65 bits per heavy atom. The monoisotopic (exact) mass is 451 g/mol. The second kappa shape index (κ2) is 10.5. The van der Waals surface area contributed by atoms with Crippen molar-refractivity contribution < 1.29 is 22.7 Å². The van der Waals surface area contributed by atoms with Gasteiger partial charge < -0.3 is 15.0 Å². The van der Waals surface area contributed by atoms with Gasteiger partial charge in [-0.15, -0.1) is 0 Å². The van der Waals surface area contributed by atoms with Crippen molar-refractivity contribution in [3.05, 3.63) is 29.8 Å². The first kappa shape index (κ1) is 23.5. The Kier molecular flexibility index (Phi) is 7.94. The zero-order valence-corrected chi connectivity index (χ0v) is 19.0. The van der Waals surface area contributed by atoms with Gasteiger partial charge in [0.2, 0.25) is 21.8 Å². The maximum atomic E-state index is 13.1. The molecule has 172 valence electrons. The van der Waals surface area contributed by atoms with E-state index in [9.17, 15) is 18.0 Å². The van der Waals surface area contributed by atoms with Gasteiger partial charge in [0.15, 0.2) is 0 Å². The summed E-state index contributed by atoms with van der Waals surface area (Å²) in [4.78, 5) is 27.1. The summed E-state index contributed by atoms with van der Waals surface area (Å²) in [6.07, 6.45) is 7.00. The minimum absolute atomic E-state index is 0.0324. The van der Waals surface area contributed by atoms with Crippen LogP contribution in [0.4, 0.5) is 0 Å². The normalized spacial score (nSPS) is 20.4. The molecule has 0 atom stereocenters. The number of para-hydroxylation sites is 1. The second-order valence-electron chi connectivity index (χ2n) is 8.53. The third-order valence-corrected chi connectivity index (χ3v) is 6.93. The van der Waals surface area contributed by atoms with E-state index in [1.54, 1.807) is 4.90 Å². The zero-order valence-electron chi connectivity index (χ0n) is 18.2. The van der Waals surface area contributed by atoms with E-state index >= 15 is 0 Å². The molecule has 1 spiro atoms. The first-order valence-electron chi connectivity index (χ1n) is 11.0. The number of hydrogen-bond donors (Lipinski definition) is 2. The molecule has 0 bridgehead atoms. The van der Waals surface area contributed by atoms with Gasteiger partial charge in [-0.25, -0.2) is 13.1 Å². The third kappa shape index (κ3) is 6.67. The molecule has 0 aliphatic carbocycles. The van der Waals surface area contributed by atoms with Crippen molar-refractivity contribution in [2.24, 2.45) is 5.41 Å². The van der Waals surface area contributed by atoms with Gasteiger partial charge in [-0.1, -0.05) is 31.0 Å². The summed E-state index contributed by atoms with van der Waals surface area (Å²) in [6, 6.07) is 8.06. The maximum absolute atomic E-state index is 13.1. The molecular weight excluding hydrogens is 418 g/mol. The fraction of sp³-hybridized carbons (Fsp3) is 0.636. The highest BCUT2D eigenvalue weighted by atomic mass is 32.2. The van der Waals surface area contributed by atoms with Crippen LogP contribution in [0.3, 0.4) is 0 Å². The number of benzene rings is 1. The molecule has 2 N–H and O–H groups in total. The number of amides is 2. The van der Waals surface area contributed by atoms with Crippen LogP contribution in [-0.2, 0) is 26.0 Å². The minimum Gasteiger partial charge on any atom is -0.491 e. The summed E-state index contributed by atoms with van der Waals surface area (Å²) in [5.41, 5.74) is 0.722. The number of piperidine rings is 1. The Balaban J connectivity index is 1.60. The molecule has 9 heteroatoms. The van der Waals surface area contributed by atoms with Gasteiger partial charge in [0, 0.05) is 13.1 Å². The summed E-state index contributed by atoms with van der Waals surface area (Å²) in [5.74, 6) is 0.668. The van der Waals surface area contributed by atoms with Crippen LogP contribution in [0.2, 0.25) is 0 Å². The van der Waals surface area contributed by atoms with Crippen LogP contribution in [0.1, 0.15) is 44.1 Å². The van der Waals surface area contributed by atoms with Crippen LogP contribution in [0.5, 0.6) is 5.75 Å². The standard InChI is InChI=1S/C22H33N3O5S/c1-31(28,29)24-17-20(26)25-14-11-22(12-15-25)10-6-2-3-7-18-8-4-5-9-19(18)30-16-13-23-21(22)27/h4-5,8-9,24H,2-3,6-7,10-17H2,1H3,(H,23,27). The molecule has 0 radical (unpaired) electrons. The molecule has 1 aromatic rings. The lowest BCUT2D eigenvalue weighted by Crippen LogP contribution is -2.52. The maximum Gasteiger partial charge on any atom is 0.237 e. The molecule has 2 aliphatic rings. The third-order valence-electron chi connectivity index (χ3n) is 6.26. The Morgan fingerprint density at radius 1 is 1.16 bits per heavy atom. The van der Waals surface area contributed by atoms with E-state index in [0.29, 0.717) is 39.1 Å². The summed E-state index contributed by atoms with van der Waals surface area (Å²) >= 11 is 0. The summed E-state index contributed by atoms with van der Waals surface area (Å²) in [5, 5.41) is 3.04. The number of sulfonamides is 1. The molecule has 0 saturated carbocycles. The average molecular weight is 452 g/mol. The molecule has 0 aromatic heterocycles. The number of aryl methyl sites for hydroxylation is 1. The Labute approximate surface area is 184 Å². The SMILES string of the molecule is CS(=O)(=O)NCC(=O)N1CCC2(CCCCCc3ccccc3OCCNC2=O)CC1. The molecule has 3 rings (SSSR count). The Bertz CT molecular complexity index is 879. The number of fused-ring (bicyclic) bond motifs is 1. The van der Waals surface area contributed by atoms with E-state index in [-0.39, 0.29) is 18.4 Å². The summed E-state index contributed by atoms with van der Waals surface area (Å²) in [7, 11) is -3.41. The minimum atomic E-state index is -3.41. The van der Waals surface area contributed by atoms with Crippen molar-refractivity contribution in [1.82, 2.24) is 14.9 Å². The number of nitrogens with one attached hydrogen (secondary N) is 2. The van der Waals surface area contributed by atoms with E-state index in [4.69, 9.17) is 4.74 Å². The lowest BCUT2D eigenvalue weighted by Gasteiger charge is -2.41. The highest BCUT2D eigenvalue weighted by Gasteiger charge is 2.41. The molecule has 1 saturated heterocycles. The predicted molar refractivity (Wildman–Crippen MR) is 118 cm³/mol. The quantitative estimate of drug-likeness (QED) is 0.724. The van der Waals surface area contributed by atoms with E-state index in [2.05, 4.69) is 16.1 Å². The van der Waals surface area contributed by atoms with Crippen molar-refractivity contribution in [1.29, 1.82) is 0 Å². The summed E-state index contributed by atoms with van der Waals surface area (Å²) < 4.78 is 30.6. The fourth-order valence-electron chi connectivity index (χ4n) is 4.40. The smallest absolute Gasteiger partial charge is 0.237 e. The lowest BCUT2D eigenvalue weighted by molar-refractivity contribution is -0.140. The molecule has 31 heavy (non-hydrogen) atoms. The fourth-order valence-corrected chi connectivity index (χ4v) is 4.78. The first-order chi connectivity index (χ1) is 14.8. The zero-order chi connectivity index (χ0) is 22.3. The number of hydrogen-bond acceptors (Lipinski definition) is 5. The van der Waals surface area contributed by atoms with Crippen molar-refractivity contribution >= 4 is 21.8 Å². The molecule has 1 aromatic carbocycles. The Morgan fingerprint density at radius 2 is 1.90 bits per heavy atom.